The maximum atomic E-state index is 9.08. The van der Waals surface area contributed by atoms with Crippen LogP contribution in [0, 0.1) is 6.92 Å². The fraction of sp³-hybridized carbons (Fsp3) is 0.222. The molecule has 1 N–H and O–H groups in total. The van der Waals surface area contributed by atoms with Gasteiger partial charge in [0.2, 0.25) is 5.89 Å². The third-order valence-corrected chi connectivity index (χ3v) is 2.61. The second kappa shape index (κ2) is 4.41. The van der Waals surface area contributed by atoms with E-state index in [-0.39, 0.29) is 6.61 Å². The van der Waals surface area contributed by atoms with Crippen molar-refractivity contribution in [1.82, 2.24) is 15.2 Å². The van der Waals surface area contributed by atoms with Crippen LogP contribution in [0.5, 0.6) is 0 Å². The van der Waals surface area contributed by atoms with Gasteiger partial charge in [0.25, 0.3) is 5.22 Å². The average molecular weight is 223 g/mol. The van der Waals surface area contributed by atoms with Crippen molar-refractivity contribution in [2.45, 2.75) is 23.8 Å². The molecule has 0 spiro atoms. The lowest BCUT2D eigenvalue weighted by Crippen LogP contribution is -1.90. The molecule has 6 heteroatoms. The molecule has 0 unspecified atom stereocenters. The van der Waals surface area contributed by atoms with Gasteiger partial charge in [0.15, 0.2) is 0 Å². The van der Waals surface area contributed by atoms with E-state index >= 15 is 0 Å². The second-order valence-corrected chi connectivity index (χ2v) is 3.75. The SMILES string of the molecule is Cc1nnc(Sc2ncccc2CO)o1. The van der Waals surface area contributed by atoms with Crippen LogP contribution >= 0.6 is 11.8 Å². The highest BCUT2D eigenvalue weighted by molar-refractivity contribution is 7.99. The molecule has 0 saturated carbocycles. The average Bonchev–Trinajstić information content (AvgIpc) is 2.65. The highest BCUT2D eigenvalue weighted by atomic mass is 32.2. The van der Waals surface area contributed by atoms with Crippen molar-refractivity contribution in [2.75, 3.05) is 0 Å². The third-order valence-electron chi connectivity index (χ3n) is 1.71. The first-order valence-electron chi connectivity index (χ1n) is 4.32. The molecule has 0 bridgehead atoms. The van der Waals surface area contributed by atoms with Crippen LogP contribution in [0.2, 0.25) is 0 Å². The van der Waals surface area contributed by atoms with Gasteiger partial charge in [-0.25, -0.2) is 4.98 Å². The first-order chi connectivity index (χ1) is 7.29. The van der Waals surface area contributed by atoms with Gasteiger partial charge in [-0.05, 0) is 17.8 Å². The molecule has 5 nitrogen and oxygen atoms in total. The van der Waals surface area contributed by atoms with Gasteiger partial charge >= 0.3 is 0 Å². The zero-order valence-electron chi connectivity index (χ0n) is 8.04. The normalized spacial score (nSPS) is 10.5. The Morgan fingerprint density at radius 3 is 3.00 bits per heavy atom. The van der Waals surface area contributed by atoms with Gasteiger partial charge in [-0.1, -0.05) is 6.07 Å². The summed E-state index contributed by atoms with van der Waals surface area (Å²) in [5.74, 6) is 0.513. The van der Waals surface area contributed by atoms with E-state index in [4.69, 9.17) is 9.52 Å². The number of aliphatic hydroxyl groups excluding tert-OH is 1. The minimum atomic E-state index is -0.0523. The summed E-state index contributed by atoms with van der Waals surface area (Å²) in [7, 11) is 0. The standard InChI is InChI=1S/C9H9N3O2S/c1-6-11-12-9(14-6)15-8-7(5-13)3-2-4-10-8/h2-4,13H,5H2,1H3. The fourth-order valence-corrected chi connectivity index (χ4v) is 1.83. The molecule has 78 valence electrons. The van der Waals surface area contributed by atoms with E-state index in [0.29, 0.717) is 16.1 Å². The Morgan fingerprint density at radius 1 is 1.47 bits per heavy atom. The number of aryl methyl sites for hydroxylation is 1. The maximum absolute atomic E-state index is 9.08. The molecule has 0 saturated heterocycles. The number of nitrogens with zero attached hydrogens (tertiary/aromatic N) is 3. The lowest BCUT2D eigenvalue weighted by Gasteiger charge is -2.01. The van der Waals surface area contributed by atoms with Crippen molar-refractivity contribution in [1.29, 1.82) is 0 Å². The number of hydrogen-bond donors (Lipinski definition) is 1. The summed E-state index contributed by atoms with van der Waals surface area (Å²) in [6, 6.07) is 3.58. The quantitative estimate of drug-likeness (QED) is 0.848. The van der Waals surface area contributed by atoms with Crippen LogP contribution in [-0.2, 0) is 6.61 Å². The zero-order valence-corrected chi connectivity index (χ0v) is 8.86. The largest absolute Gasteiger partial charge is 0.416 e. The summed E-state index contributed by atoms with van der Waals surface area (Å²) >= 11 is 1.25. The summed E-state index contributed by atoms with van der Waals surface area (Å²) in [5, 5.41) is 17.7. The number of pyridine rings is 1. The monoisotopic (exact) mass is 223 g/mol. The summed E-state index contributed by atoms with van der Waals surface area (Å²) < 4.78 is 5.21. The van der Waals surface area contributed by atoms with Crippen LogP contribution < -0.4 is 0 Å². The van der Waals surface area contributed by atoms with E-state index in [1.165, 1.54) is 11.8 Å². The Morgan fingerprint density at radius 2 is 2.33 bits per heavy atom. The Bertz CT molecular complexity index is 458. The predicted molar refractivity (Wildman–Crippen MR) is 53.3 cm³/mol. The molecule has 0 aromatic carbocycles. The first kappa shape index (κ1) is 10.1. The van der Waals surface area contributed by atoms with Crippen LogP contribution in [0.15, 0.2) is 33.0 Å². The topological polar surface area (TPSA) is 72.0 Å². The van der Waals surface area contributed by atoms with E-state index in [0.717, 1.165) is 5.56 Å². The van der Waals surface area contributed by atoms with Crippen molar-refractivity contribution in [3.8, 4) is 0 Å². The van der Waals surface area contributed by atoms with E-state index in [1.54, 1.807) is 25.3 Å². The molecule has 0 aliphatic rings. The maximum Gasteiger partial charge on any atom is 0.282 e. The van der Waals surface area contributed by atoms with Crippen LogP contribution in [-0.4, -0.2) is 20.3 Å². The molecule has 2 aromatic rings. The van der Waals surface area contributed by atoms with Crippen LogP contribution in [0.1, 0.15) is 11.5 Å². The lowest BCUT2D eigenvalue weighted by atomic mass is 10.3. The highest BCUT2D eigenvalue weighted by Crippen LogP contribution is 2.27. The van der Waals surface area contributed by atoms with Gasteiger partial charge < -0.3 is 9.52 Å². The molecule has 0 atom stereocenters. The van der Waals surface area contributed by atoms with Crippen molar-refractivity contribution in [2.24, 2.45) is 0 Å². The highest BCUT2D eigenvalue weighted by Gasteiger charge is 2.09. The van der Waals surface area contributed by atoms with Crippen LogP contribution in [0.3, 0.4) is 0 Å². The summed E-state index contributed by atoms with van der Waals surface area (Å²) in [6.07, 6.45) is 1.66. The molecule has 0 aliphatic heterocycles. The molecule has 0 fully saturated rings. The van der Waals surface area contributed by atoms with E-state index in [1.807, 2.05) is 0 Å². The second-order valence-electron chi connectivity index (χ2n) is 2.81. The summed E-state index contributed by atoms with van der Waals surface area (Å²) in [5.41, 5.74) is 0.748. The van der Waals surface area contributed by atoms with Crippen molar-refractivity contribution in [3.05, 3.63) is 29.8 Å². The minimum absolute atomic E-state index is 0.0523. The van der Waals surface area contributed by atoms with Crippen LogP contribution in [0.4, 0.5) is 0 Å². The number of rotatable bonds is 3. The first-order valence-corrected chi connectivity index (χ1v) is 5.14. The Hall–Kier alpha value is -1.40. The van der Waals surface area contributed by atoms with Crippen molar-refractivity contribution >= 4 is 11.8 Å². The van der Waals surface area contributed by atoms with Gasteiger partial charge in [-0.15, -0.1) is 10.2 Å². The van der Waals surface area contributed by atoms with Crippen molar-refractivity contribution < 1.29 is 9.52 Å². The Kier molecular flexibility index (Phi) is 2.98. The number of hydrogen-bond acceptors (Lipinski definition) is 6. The fourth-order valence-electron chi connectivity index (χ4n) is 1.04. The summed E-state index contributed by atoms with van der Waals surface area (Å²) in [6.45, 7) is 1.67. The van der Waals surface area contributed by atoms with Gasteiger partial charge in [0, 0.05) is 18.7 Å². The van der Waals surface area contributed by atoms with Crippen molar-refractivity contribution in [3.63, 3.8) is 0 Å². The molecule has 2 aromatic heterocycles. The third kappa shape index (κ3) is 2.34. The molecule has 15 heavy (non-hydrogen) atoms. The van der Waals surface area contributed by atoms with Gasteiger partial charge in [0.05, 0.1) is 6.61 Å². The lowest BCUT2D eigenvalue weighted by molar-refractivity contribution is 0.278. The number of aromatic nitrogens is 3. The van der Waals surface area contributed by atoms with E-state index in [9.17, 15) is 0 Å². The van der Waals surface area contributed by atoms with E-state index < -0.39 is 0 Å². The Balaban J connectivity index is 2.23. The predicted octanol–water partition coefficient (Wildman–Crippen LogP) is 1.42. The van der Waals surface area contributed by atoms with Gasteiger partial charge in [-0.2, -0.15) is 0 Å². The van der Waals surface area contributed by atoms with E-state index in [2.05, 4.69) is 15.2 Å². The zero-order chi connectivity index (χ0) is 10.7. The molecule has 0 radical (unpaired) electrons. The molecule has 0 amide bonds. The minimum Gasteiger partial charge on any atom is -0.416 e. The van der Waals surface area contributed by atoms with Gasteiger partial charge in [-0.3, -0.25) is 0 Å². The summed E-state index contributed by atoms with van der Waals surface area (Å²) in [4.78, 5) is 4.13. The molecule has 2 rings (SSSR count). The molecule has 0 aliphatic carbocycles. The van der Waals surface area contributed by atoms with Gasteiger partial charge in [0.1, 0.15) is 5.03 Å². The molecule has 2 heterocycles. The number of aliphatic hydroxyl groups is 1. The van der Waals surface area contributed by atoms with Crippen LogP contribution in [0.25, 0.3) is 0 Å². The smallest absolute Gasteiger partial charge is 0.282 e. The Labute approximate surface area is 90.6 Å². The molecular formula is C9H9N3O2S. The molecular weight excluding hydrogens is 214 g/mol.